The van der Waals surface area contributed by atoms with E-state index in [-0.39, 0.29) is 7.12 Å². The monoisotopic (exact) mass is 244 g/mol. The summed E-state index contributed by atoms with van der Waals surface area (Å²) >= 11 is 12.1. The lowest BCUT2D eigenvalue weighted by Gasteiger charge is -2.10. The van der Waals surface area contributed by atoms with E-state index in [0.717, 1.165) is 11.0 Å². The Labute approximate surface area is 97.4 Å². The fourth-order valence-corrected chi connectivity index (χ4v) is 2.46. The number of halogens is 2. The van der Waals surface area contributed by atoms with Crippen LogP contribution in [0, 0.1) is 0 Å². The minimum Gasteiger partial charge on any atom is -0.490 e. The van der Waals surface area contributed by atoms with Gasteiger partial charge < -0.3 is 14.0 Å². The van der Waals surface area contributed by atoms with Crippen molar-refractivity contribution in [3.8, 4) is 5.75 Å². The summed E-state index contributed by atoms with van der Waals surface area (Å²) in [6, 6.07) is 1.69. The molecule has 2 heterocycles. The molecule has 0 saturated carbocycles. The van der Waals surface area contributed by atoms with E-state index < -0.39 is 0 Å². The van der Waals surface area contributed by atoms with E-state index in [4.69, 9.17) is 37.2 Å². The Morgan fingerprint density at radius 2 is 2.00 bits per heavy atom. The largest absolute Gasteiger partial charge is 0.498 e. The Balaban J connectivity index is 2.25. The van der Waals surface area contributed by atoms with Crippen LogP contribution in [0.1, 0.15) is 5.56 Å². The van der Waals surface area contributed by atoms with Crippen molar-refractivity contribution in [3.63, 3.8) is 0 Å². The Morgan fingerprint density at radius 1 is 1.13 bits per heavy atom. The van der Waals surface area contributed by atoms with Crippen LogP contribution in [0.3, 0.4) is 0 Å². The Hall–Kier alpha value is -0.415. The summed E-state index contributed by atoms with van der Waals surface area (Å²) in [5.41, 5.74) is 1.77. The first-order valence-corrected chi connectivity index (χ1v) is 5.40. The lowest BCUT2D eigenvalue weighted by atomic mass is 9.78. The first-order chi connectivity index (χ1) is 7.27. The van der Waals surface area contributed by atoms with E-state index in [0.29, 0.717) is 35.6 Å². The summed E-state index contributed by atoms with van der Waals surface area (Å²) < 4.78 is 16.5. The summed E-state index contributed by atoms with van der Waals surface area (Å²) in [7, 11) is -0.381. The summed E-state index contributed by atoms with van der Waals surface area (Å²) in [6.45, 7) is 1.42. The zero-order chi connectivity index (χ0) is 10.4. The molecule has 2 aliphatic rings. The standard InChI is InChI=1S/C9H7BCl2O3/c11-6-3-7(12)9-8-5(6)4-15-10(8)14-2-1-13-9/h3H,1-2,4H2. The first-order valence-electron chi connectivity index (χ1n) is 4.64. The van der Waals surface area contributed by atoms with Gasteiger partial charge in [-0.2, -0.15) is 0 Å². The molecule has 3 nitrogen and oxygen atoms in total. The zero-order valence-corrected chi connectivity index (χ0v) is 9.27. The Kier molecular flexibility index (Phi) is 2.32. The molecule has 2 aliphatic heterocycles. The molecule has 0 spiro atoms. The lowest BCUT2D eigenvalue weighted by molar-refractivity contribution is 0.180. The minimum absolute atomic E-state index is 0.381. The third-order valence-electron chi connectivity index (χ3n) is 2.54. The van der Waals surface area contributed by atoms with Crippen molar-refractivity contribution >= 4 is 35.8 Å². The molecule has 0 saturated heterocycles. The highest BCUT2D eigenvalue weighted by Crippen LogP contribution is 2.34. The molecule has 0 N–H and O–H groups in total. The van der Waals surface area contributed by atoms with Crippen molar-refractivity contribution in [2.45, 2.75) is 6.61 Å². The molecule has 3 rings (SSSR count). The van der Waals surface area contributed by atoms with Crippen molar-refractivity contribution in [1.82, 2.24) is 0 Å². The van der Waals surface area contributed by atoms with Crippen LogP contribution in [-0.2, 0) is 15.9 Å². The fraction of sp³-hybridized carbons (Fsp3) is 0.333. The molecular weight excluding hydrogens is 238 g/mol. The van der Waals surface area contributed by atoms with Gasteiger partial charge >= 0.3 is 7.12 Å². The van der Waals surface area contributed by atoms with E-state index in [2.05, 4.69) is 0 Å². The molecule has 6 heteroatoms. The van der Waals surface area contributed by atoms with Gasteiger partial charge in [-0.3, -0.25) is 0 Å². The maximum atomic E-state index is 6.07. The molecule has 0 aromatic heterocycles. The SMILES string of the molecule is Clc1cc(Cl)c2c3c1COB3OCCO2. The Bertz CT molecular complexity index is 424. The number of rotatable bonds is 0. The van der Waals surface area contributed by atoms with Crippen LogP contribution in [0.25, 0.3) is 0 Å². The highest BCUT2D eigenvalue weighted by atomic mass is 35.5. The highest BCUT2D eigenvalue weighted by molar-refractivity contribution is 6.65. The van der Waals surface area contributed by atoms with Gasteiger partial charge in [0.1, 0.15) is 12.4 Å². The summed E-state index contributed by atoms with van der Waals surface area (Å²) in [6.07, 6.45) is 0. The van der Waals surface area contributed by atoms with Crippen LogP contribution < -0.4 is 10.2 Å². The third-order valence-corrected chi connectivity index (χ3v) is 3.16. The molecule has 0 radical (unpaired) electrons. The van der Waals surface area contributed by atoms with E-state index in [1.54, 1.807) is 6.07 Å². The molecule has 0 aliphatic carbocycles. The summed E-state index contributed by atoms with van der Waals surface area (Å²) in [5, 5.41) is 1.12. The molecule has 0 unspecified atom stereocenters. The zero-order valence-electron chi connectivity index (χ0n) is 7.76. The van der Waals surface area contributed by atoms with E-state index in [1.165, 1.54) is 0 Å². The number of ether oxygens (including phenoxy) is 1. The second-order valence-corrected chi connectivity index (χ2v) is 4.24. The van der Waals surface area contributed by atoms with Gasteiger partial charge in [0.05, 0.1) is 18.2 Å². The van der Waals surface area contributed by atoms with Crippen LogP contribution in [-0.4, -0.2) is 20.3 Å². The topological polar surface area (TPSA) is 27.7 Å². The molecule has 0 fully saturated rings. The van der Waals surface area contributed by atoms with Crippen LogP contribution >= 0.6 is 23.2 Å². The average molecular weight is 245 g/mol. The summed E-state index contributed by atoms with van der Waals surface area (Å²) in [4.78, 5) is 0. The molecule has 1 aromatic rings. The predicted molar refractivity (Wildman–Crippen MR) is 58.1 cm³/mol. The van der Waals surface area contributed by atoms with Gasteiger partial charge in [-0.05, 0) is 11.6 Å². The van der Waals surface area contributed by atoms with Gasteiger partial charge in [-0.25, -0.2) is 0 Å². The van der Waals surface area contributed by atoms with Crippen molar-refractivity contribution in [1.29, 1.82) is 0 Å². The third kappa shape index (κ3) is 1.44. The summed E-state index contributed by atoms with van der Waals surface area (Å²) in [5.74, 6) is 0.649. The van der Waals surface area contributed by atoms with Gasteiger partial charge in [0, 0.05) is 10.5 Å². The van der Waals surface area contributed by atoms with Gasteiger partial charge in [0.2, 0.25) is 0 Å². The smallest absolute Gasteiger partial charge is 0.490 e. The predicted octanol–water partition coefficient (Wildman–Crippen LogP) is 1.63. The Morgan fingerprint density at radius 3 is 2.87 bits per heavy atom. The van der Waals surface area contributed by atoms with Crippen molar-refractivity contribution in [2.75, 3.05) is 13.2 Å². The average Bonchev–Trinajstić information content (AvgIpc) is 2.50. The second kappa shape index (κ2) is 3.56. The lowest BCUT2D eigenvalue weighted by Crippen LogP contribution is -2.31. The molecule has 15 heavy (non-hydrogen) atoms. The molecule has 78 valence electrons. The molecular formula is C9H7BCl2O3. The van der Waals surface area contributed by atoms with Crippen LogP contribution in [0.5, 0.6) is 5.75 Å². The normalized spacial score (nSPS) is 18.4. The fourth-order valence-electron chi connectivity index (χ4n) is 1.87. The van der Waals surface area contributed by atoms with E-state index in [9.17, 15) is 0 Å². The molecule has 1 aromatic carbocycles. The maximum absolute atomic E-state index is 6.07. The molecule has 0 bridgehead atoms. The molecule has 0 atom stereocenters. The van der Waals surface area contributed by atoms with E-state index in [1.807, 2.05) is 0 Å². The minimum atomic E-state index is -0.381. The van der Waals surface area contributed by atoms with Crippen molar-refractivity contribution in [2.24, 2.45) is 0 Å². The number of benzene rings is 1. The van der Waals surface area contributed by atoms with Gasteiger partial charge in [0.15, 0.2) is 0 Å². The van der Waals surface area contributed by atoms with E-state index >= 15 is 0 Å². The maximum Gasteiger partial charge on any atom is 0.498 e. The van der Waals surface area contributed by atoms with Gasteiger partial charge in [0.25, 0.3) is 0 Å². The first kappa shape index (κ1) is 9.79. The second-order valence-electron chi connectivity index (χ2n) is 3.42. The van der Waals surface area contributed by atoms with Crippen molar-refractivity contribution in [3.05, 3.63) is 21.7 Å². The number of hydrogen-bond donors (Lipinski definition) is 0. The number of hydrogen-bond acceptors (Lipinski definition) is 3. The molecule has 0 amide bonds. The highest BCUT2D eigenvalue weighted by Gasteiger charge is 2.38. The quantitative estimate of drug-likeness (QED) is 0.650. The van der Waals surface area contributed by atoms with Crippen LogP contribution in [0.2, 0.25) is 10.0 Å². The van der Waals surface area contributed by atoms with Gasteiger partial charge in [-0.1, -0.05) is 23.2 Å². The van der Waals surface area contributed by atoms with Crippen LogP contribution in [0.15, 0.2) is 6.07 Å². The van der Waals surface area contributed by atoms with Crippen LogP contribution in [0.4, 0.5) is 0 Å². The van der Waals surface area contributed by atoms with Crippen molar-refractivity contribution < 1.29 is 14.0 Å². The van der Waals surface area contributed by atoms with Gasteiger partial charge in [-0.15, -0.1) is 0 Å².